The number of hydrogen-bond acceptors (Lipinski definition) is 3. The van der Waals surface area contributed by atoms with E-state index in [1.165, 1.54) is 12.1 Å². The molecule has 0 aromatic heterocycles. The fourth-order valence-electron chi connectivity index (χ4n) is 2.84. The number of rotatable bonds is 7. The Morgan fingerprint density at radius 3 is 2.83 bits per heavy atom. The molecule has 1 unspecified atom stereocenters. The first-order valence-corrected chi connectivity index (χ1v) is 8.16. The van der Waals surface area contributed by atoms with Gasteiger partial charge in [-0.3, -0.25) is 4.99 Å². The Kier molecular flexibility index (Phi) is 6.93. The van der Waals surface area contributed by atoms with Crippen molar-refractivity contribution in [1.82, 2.24) is 10.6 Å². The zero-order valence-electron chi connectivity index (χ0n) is 13.9. The molecule has 0 aliphatic carbocycles. The van der Waals surface area contributed by atoms with E-state index in [0.29, 0.717) is 50.7 Å². The lowest BCUT2D eigenvalue weighted by Gasteiger charge is -2.27. The van der Waals surface area contributed by atoms with E-state index in [0.717, 1.165) is 12.5 Å². The van der Waals surface area contributed by atoms with Gasteiger partial charge in [0, 0.05) is 44.8 Å². The molecule has 5 nitrogen and oxygen atoms in total. The summed E-state index contributed by atoms with van der Waals surface area (Å²) in [6.07, 6.45) is 2.01. The van der Waals surface area contributed by atoms with Crippen LogP contribution in [-0.4, -0.2) is 51.0 Å². The number of guanidine groups is 1. The molecular weight excluding hydrogens is 316 g/mol. The highest BCUT2D eigenvalue weighted by Gasteiger charge is 2.34. The van der Waals surface area contributed by atoms with Gasteiger partial charge in [-0.15, -0.1) is 0 Å². The largest absolute Gasteiger partial charge is 0.396 e. The average molecular weight is 341 g/mol. The van der Waals surface area contributed by atoms with Gasteiger partial charge in [0.2, 0.25) is 0 Å². The summed E-state index contributed by atoms with van der Waals surface area (Å²) in [6.45, 7) is 2.58. The molecule has 0 amide bonds. The van der Waals surface area contributed by atoms with Crippen LogP contribution in [0.15, 0.2) is 23.2 Å². The molecule has 0 saturated carbocycles. The molecule has 24 heavy (non-hydrogen) atoms. The zero-order chi connectivity index (χ0) is 17.4. The van der Waals surface area contributed by atoms with E-state index in [1.807, 2.05) is 0 Å². The molecule has 1 atom stereocenters. The SMILES string of the molecule is CN=C(NCCc1ccc(F)cc1F)NCC1(CCO)CCOC1. The van der Waals surface area contributed by atoms with Crippen molar-refractivity contribution in [3.63, 3.8) is 0 Å². The van der Waals surface area contributed by atoms with Gasteiger partial charge >= 0.3 is 0 Å². The maximum atomic E-state index is 13.6. The first-order chi connectivity index (χ1) is 11.6. The van der Waals surface area contributed by atoms with Crippen molar-refractivity contribution in [2.75, 3.05) is 40.0 Å². The van der Waals surface area contributed by atoms with Crippen LogP contribution in [0.25, 0.3) is 0 Å². The monoisotopic (exact) mass is 341 g/mol. The molecular formula is C17H25F2N3O2. The Morgan fingerprint density at radius 2 is 2.21 bits per heavy atom. The maximum absolute atomic E-state index is 13.6. The molecule has 1 saturated heterocycles. The Bertz CT molecular complexity index is 561. The lowest BCUT2D eigenvalue weighted by atomic mass is 9.84. The molecule has 1 fully saturated rings. The predicted octanol–water partition coefficient (Wildman–Crippen LogP) is 1.46. The average Bonchev–Trinajstić information content (AvgIpc) is 3.02. The van der Waals surface area contributed by atoms with Crippen LogP contribution in [0.5, 0.6) is 0 Å². The lowest BCUT2D eigenvalue weighted by Crippen LogP contribution is -2.45. The highest BCUT2D eigenvalue weighted by molar-refractivity contribution is 5.79. The smallest absolute Gasteiger partial charge is 0.191 e. The third-order valence-corrected chi connectivity index (χ3v) is 4.38. The quantitative estimate of drug-likeness (QED) is 0.519. The van der Waals surface area contributed by atoms with Crippen molar-refractivity contribution >= 4 is 5.96 Å². The van der Waals surface area contributed by atoms with Gasteiger partial charge in [0.1, 0.15) is 11.6 Å². The summed E-state index contributed by atoms with van der Waals surface area (Å²) in [7, 11) is 1.66. The second kappa shape index (κ2) is 8.94. The summed E-state index contributed by atoms with van der Waals surface area (Å²) in [6, 6.07) is 3.60. The number of aliphatic hydroxyl groups is 1. The van der Waals surface area contributed by atoms with Crippen LogP contribution >= 0.6 is 0 Å². The molecule has 1 aliphatic heterocycles. The molecule has 134 valence electrons. The fourth-order valence-corrected chi connectivity index (χ4v) is 2.84. The number of nitrogens with zero attached hydrogens (tertiary/aromatic N) is 1. The van der Waals surface area contributed by atoms with Crippen LogP contribution in [0.3, 0.4) is 0 Å². The standard InChI is InChI=1S/C17H25F2N3O2/c1-20-16(22-11-17(5-8-23)6-9-24-12-17)21-7-4-13-2-3-14(18)10-15(13)19/h2-3,10,23H,4-9,11-12H2,1H3,(H2,20,21,22). The number of hydrogen-bond donors (Lipinski definition) is 3. The van der Waals surface area contributed by atoms with Crippen molar-refractivity contribution < 1.29 is 18.6 Å². The molecule has 0 spiro atoms. The molecule has 1 heterocycles. The minimum atomic E-state index is -0.574. The predicted molar refractivity (Wildman–Crippen MR) is 89.0 cm³/mol. The third kappa shape index (κ3) is 5.14. The van der Waals surface area contributed by atoms with Gasteiger partial charge in [0.05, 0.1) is 6.61 Å². The third-order valence-electron chi connectivity index (χ3n) is 4.38. The molecule has 2 rings (SSSR count). The number of aliphatic imine (C=N–C) groups is 1. The molecule has 7 heteroatoms. The molecule has 0 radical (unpaired) electrons. The van der Waals surface area contributed by atoms with Gasteiger partial charge in [-0.25, -0.2) is 8.78 Å². The Balaban J connectivity index is 1.80. The fraction of sp³-hybridized carbons (Fsp3) is 0.588. The lowest BCUT2D eigenvalue weighted by molar-refractivity contribution is 0.127. The number of nitrogens with one attached hydrogen (secondary N) is 2. The van der Waals surface area contributed by atoms with Crippen molar-refractivity contribution in [3.05, 3.63) is 35.4 Å². The molecule has 0 bridgehead atoms. The summed E-state index contributed by atoms with van der Waals surface area (Å²) in [5, 5.41) is 15.6. The second-order valence-corrected chi connectivity index (χ2v) is 6.11. The molecule has 3 N–H and O–H groups in total. The first-order valence-electron chi connectivity index (χ1n) is 8.16. The van der Waals surface area contributed by atoms with Crippen molar-refractivity contribution in [2.24, 2.45) is 10.4 Å². The summed E-state index contributed by atoms with van der Waals surface area (Å²) in [5.74, 6) is -0.499. The summed E-state index contributed by atoms with van der Waals surface area (Å²) >= 11 is 0. The van der Waals surface area contributed by atoms with E-state index < -0.39 is 11.6 Å². The highest BCUT2D eigenvalue weighted by Crippen LogP contribution is 2.31. The van der Waals surface area contributed by atoms with E-state index in [4.69, 9.17) is 4.74 Å². The maximum Gasteiger partial charge on any atom is 0.191 e. The number of aliphatic hydroxyl groups excluding tert-OH is 1. The summed E-state index contributed by atoms with van der Waals surface area (Å²) in [5.41, 5.74) is 0.385. The van der Waals surface area contributed by atoms with E-state index in [9.17, 15) is 13.9 Å². The first kappa shape index (κ1) is 18.6. The van der Waals surface area contributed by atoms with E-state index in [1.54, 1.807) is 7.05 Å². The van der Waals surface area contributed by atoms with Crippen LogP contribution in [0, 0.1) is 17.0 Å². The Morgan fingerprint density at radius 1 is 1.38 bits per heavy atom. The van der Waals surface area contributed by atoms with E-state index >= 15 is 0 Å². The van der Waals surface area contributed by atoms with Crippen molar-refractivity contribution in [2.45, 2.75) is 19.3 Å². The van der Waals surface area contributed by atoms with Crippen LogP contribution in [0.4, 0.5) is 8.78 Å². The number of halogens is 2. The van der Waals surface area contributed by atoms with E-state index in [2.05, 4.69) is 15.6 Å². The minimum Gasteiger partial charge on any atom is -0.396 e. The van der Waals surface area contributed by atoms with Gasteiger partial charge in [-0.2, -0.15) is 0 Å². The van der Waals surface area contributed by atoms with Gasteiger partial charge in [-0.1, -0.05) is 6.07 Å². The summed E-state index contributed by atoms with van der Waals surface area (Å²) in [4.78, 5) is 4.15. The van der Waals surface area contributed by atoms with Crippen LogP contribution in [-0.2, 0) is 11.2 Å². The molecule has 1 aromatic rings. The second-order valence-electron chi connectivity index (χ2n) is 6.11. The van der Waals surface area contributed by atoms with Crippen LogP contribution in [0.1, 0.15) is 18.4 Å². The highest BCUT2D eigenvalue weighted by atomic mass is 19.1. The van der Waals surface area contributed by atoms with Crippen LogP contribution < -0.4 is 10.6 Å². The molecule has 1 aromatic carbocycles. The van der Waals surface area contributed by atoms with Crippen molar-refractivity contribution in [1.29, 1.82) is 0 Å². The minimum absolute atomic E-state index is 0.0740. The molecule has 1 aliphatic rings. The number of benzene rings is 1. The summed E-state index contributed by atoms with van der Waals surface area (Å²) < 4.78 is 31.9. The van der Waals surface area contributed by atoms with Crippen molar-refractivity contribution in [3.8, 4) is 0 Å². The Labute approximate surface area is 141 Å². The van der Waals surface area contributed by atoms with E-state index in [-0.39, 0.29) is 12.0 Å². The number of ether oxygens (including phenoxy) is 1. The van der Waals surface area contributed by atoms with Gasteiger partial charge in [-0.05, 0) is 30.9 Å². The Hall–Kier alpha value is -1.73. The zero-order valence-corrected chi connectivity index (χ0v) is 13.9. The van der Waals surface area contributed by atoms with Gasteiger partial charge in [0.25, 0.3) is 0 Å². The van der Waals surface area contributed by atoms with Gasteiger partial charge in [0.15, 0.2) is 5.96 Å². The van der Waals surface area contributed by atoms with Crippen LogP contribution in [0.2, 0.25) is 0 Å². The van der Waals surface area contributed by atoms with Gasteiger partial charge < -0.3 is 20.5 Å². The normalized spacial score (nSPS) is 21.1. The topological polar surface area (TPSA) is 65.9 Å².